The standard InChI is InChI=1S/C23H25N5O2/c1-27(2)22(29)15-28-12-10-16-13-18(7-8-21(16)28)26-23(30)24-11-9-17-14-25-20-6-4-3-5-19(17)20/h3-8,10,12-14,25H,9,11,15H2,1-2H3,(H2,24,26,30). The first-order valence-corrected chi connectivity index (χ1v) is 9.90. The number of benzene rings is 2. The van der Waals surface area contributed by atoms with Gasteiger partial charge in [-0.3, -0.25) is 4.79 Å². The van der Waals surface area contributed by atoms with Crippen LogP contribution in [0.2, 0.25) is 0 Å². The highest BCUT2D eigenvalue weighted by atomic mass is 16.2. The van der Waals surface area contributed by atoms with E-state index in [0.717, 1.165) is 22.8 Å². The van der Waals surface area contributed by atoms with E-state index in [-0.39, 0.29) is 18.5 Å². The molecule has 154 valence electrons. The second-order valence-electron chi connectivity index (χ2n) is 7.50. The fourth-order valence-electron chi connectivity index (χ4n) is 3.53. The Morgan fingerprint density at radius 1 is 1.10 bits per heavy atom. The van der Waals surface area contributed by atoms with Gasteiger partial charge in [-0.15, -0.1) is 0 Å². The van der Waals surface area contributed by atoms with Gasteiger partial charge in [0.25, 0.3) is 0 Å². The molecule has 30 heavy (non-hydrogen) atoms. The molecule has 0 aliphatic rings. The third-order valence-corrected chi connectivity index (χ3v) is 5.19. The molecule has 0 atom stereocenters. The number of fused-ring (bicyclic) bond motifs is 2. The van der Waals surface area contributed by atoms with Gasteiger partial charge >= 0.3 is 6.03 Å². The Bertz CT molecular complexity index is 1200. The number of hydrogen-bond donors (Lipinski definition) is 3. The van der Waals surface area contributed by atoms with Gasteiger partial charge in [-0.1, -0.05) is 18.2 Å². The van der Waals surface area contributed by atoms with E-state index in [1.807, 2.05) is 59.4 Å². The predicted molar refractivity (Wildman–Crippen MR) is 120 cm³/mol. The molecule has 2 aromatic heterocycles. The van der Waals surface area contributed by atoms with E-state index in [2.05, 4.69) is 21.7 Å². The van der Waals surface area contributed by atoms with Crippen LogP contribution < -0.4 is 10.6 Å². The molecular weight excluding hydrogens is 378 g/mol. The molecule has 4 rings (SSSR count). The number of carbonyl (C=O) groups excluding carboxylic acids is 2. The SMILES string of the molecule is CN(C)C(=O)Cn1ccc2cc(NC(=O)NCCc3c[nH]c4ccccc34)ccc21. The molecule has 3 N–H and O–H groups in total. The van der Waals surface area contributed by atoms with E-state index in [9.17, 15) is 9.59 Å². The molecule has 0 aliphatic heterocycles. The van der Waals surface area contributed by atoms with E-state index in [0.29, 0.717) is 12.2 Å². The van der Waals surface area contributed by atoms with Crippen molar-refractivity contribution < 1.29 is 9.59 Å². The molecule has 7 nitrogen and oxygen atoms in total. The van der Waals surface area contributed by atoms with Crippen molar-refractivity contribution in [3.63, 3.8) is 0 Å². The lowest BCUT2D eigenvalue weighted by Gasteiger charge is -2.12. The number of carbonyl (C=O) groups is 2. The average Bonchev–Trinajstić information content (AvgIpc) is 3.32. The number of rotatable bonds is 6. The third kappa shape index (κ3) is 4.15. The highest BCUT2D eigenvalue weighted by Crippen LogP contribution is 2.21. The largest absolute Gasteiger partial charge is 0.361 e. The lowest BCUT2D eigenvalue weighted by molar-refractivity contribution is -0.129. The smallest absolute Gasteiger partial charge is 0.319 e. The van der Waals surface area contributed by atoms with Gasteiger partial charge in [-0.2, -0.15) is 0 Å². The van der Waals surface area contributed by atoms with Gasteiger partial charge in [-0.25, -0.2) is 4.79 Å². The van der Waals surface area contributed by atoms with Gasteiger partial charge in [0.1, 0.15) is 6.54 Å². The van der Waals surface area contributed by atoms with Crippen molar-refractivity contribution in [1.29, 1.82) is 0 Å². The number of nitrogens with one attached hydrogen (secondary N) is 3. The first-order valence-electron chi connectivity index (χ1n) is 9.90. The lowest BCUT2D eigenvalue weighted by atomic mass is 10.1. The van der Waals surface area contributed by atoms with Crippen molar-refractivity contribution in [3.8, 4) is 0 Å². The first kappa shape index (κ1) is 19.6. The maximum atomic E-state index is 12.3. The molecule has 0 radical (unpaired) electrons. The van der Waals surface area contributed by atoms with Gasteiger partial charge in [-0.05, 0) is 42.3 Å². The second-order valence-corrected chi connectivity index (χ2v) is 7.50. The number of anilines is 1. The highest BCUT2D eigenvalue weighted by Gasteiger charge is 2.09. The summed E-state index contributed by atoms with van der Waals surface area (Å²) in [6.07, 6.45) is 4.63. The monoisotopic (exact) mass is 403 g/mol. The Balaban J connectivity index is 1.34. The maximum absolute atomic E-state index is 12.3. The van der Waals surface area contributed by atoms with Gasteiger partial charge < -0.3 is 25.1 Å². The zero-order valence-corrected chi connectivity index (χ0v) is 17.1. The minimum Gasteiger partial charge on any atom is -0.361 e. The van der Waals surface area contributed by atoms with E-state index in [1.165, 1.54) is 10.9 Å². The van der Waals surface area contributed by atoms with Crippen molar-refractivity contribution in [3.05, 3.63) is 66.5 Å². The van der Waals surface area contributed by atoms with Crippen LogP contribution >= 0.6 is 0 Å². The quantitative estimate of drug-likeness (QED) is 0.460. The maximum Gasteiger partial charge on any atom is 0.319 e. The first-order chi connectivity index (χ1) is 14.5. The summed E-state index contributed by atoms with van der Waals surface area (Å²) < 4.78 is 1.91. The average molecular weight is 403 g/mol. The lowest BCUT2D eigenvalue weighted by Crippen LogP contribution is -2.30. The molecule has 0 saturated carbocycles. The molecule has 2 heterocycles. The minimum absolute atomic E-state index is 0.0317. The van der Waals surface area contributed by atoms with E-state index >= 15 is 0 Å². The summed E-state index contributed by atoms with van der Waals surface area (Å²) >= 11 is 0. The van der Waals surface area contributed by atoms with Gasteiger partial charge in [0, 0.05) is 60.5 Å². The molecule has 0 spiro atoms. The van der Waals surface area contributed by atoms with Crippen LogP contribution in [0, 0.1) is 0 Å². The zero-order chi connectivity index (χ0) is 21.1. The number of urea groups is 1. The number of aromatic nitrogens is 2. The Hall–Kier alpha value is -3.74. The molecule has 4 aromatic rings. The molecular formula is C23H25N5O2. The Morgan fingerprint density at radius 3 is 2.77 bits per heavy atom. The summed E-state index contributed by atoms with van der Waals surface area (Å²) in [5.74, 6) is 0.0317. The van der Waals surface area contributed by atoms with Crippen LogP contribution in [0.15, 0.2) is 60.9 Å². The molecule has 3 amide bonds. The van der Waals surface area contributed by atoms with E-state index in [4.69, 9.17) is 0 Å². The van der Waals surface area contributed by atoms with Crippen LogP contribution in [0.5, 0.6) is 0 Å². The van der Waals surface area contributed by atoms with Crippen LogP contribution in [0.1, 0.15) is 5.56 Å². The van der Waals surface area contributed by atoms with Crippen LogP contribution in [0.25, 0.3) is 21.8 Å². The van der Waals surface area contributed by atoms with Crippen LogP contribution in [-0.4, -0.2) is 47.0 Å². The van der Waals surface area contributed by atoms with Gasteiger partial charge in [0.15, 0.2) is 0 Å². The molecule has 7 heteroatoms. The fourth-order valence-corrected chi connectivity index (χ4v) is 3.53. The van der Waals surface area contributed by atoms with Crippen molar-refractivity contribution in [2.75, 3.05) is 26.0 Å². The molecule has 0 aliphatic carbocycles. The molecule has 0 bridgehead atoms. The van der Waals surface area contributed by atoms with Crippen LogP contribution in [0.3, 0.4) is 0 Å². The number of amides is 3. The number of hydrogen-bond acceptors (Lipinski definition) is 2. The number of likely N-dealkylation sites (N-methyl/N-ethyl adjacent to an activating group) is 1. The molecule has 0 unspecified atom stereocenters. The van der Waals surface area contributed by atoms with Gasteiger partial charge in [0.05, 0.1) is 0 Å². The number of aromatic amines is 1. The Morgan fingerprint density at radius 2 is 1.93 bits per heavy atom. The fraction of sp³-hybridized carbons (Fsp3) is 0.217. The second kappa shape index (κ2) is 8.32. The zero-order valence-electron chi connectivity index (χ0n) is 17.1. The Labute approximate surface area is 174 Å². The molecule has 0 saturated heterocycles. The molecule has 2 aromatic carbocycles. The summed E-state index contributed by atoms with van der Waals surface area (Å²) in [6, 6.07) is 15.5. The number of nitrogens with zero attached hydrogens (tertiary/aromatic N) is 2. The minimum atomic E-state index is -0.239. The third-order valence-electron chi connectivity index (χ3n) is 5.19. The summed E-state index contributed by atoms with van der Waals surface area (Å²) in [6.45, 7) is 0.830. The predicted octanol–water partition coefficient (Wildman–Crippen LogP) is 3.58. The summed E-state index contributed by atoms with van der Waals surface area (Å²) in [4.78, 5) is 29.1. The van der Waals surface area contributed by atoms with E-state index < -0.39 is 0 Å². The van der Waals surface area contributed by atoms with Crippen molar-refractivity contribution in [2.24, 2.45) is 0 Å². The van der Waals surface area contributed by atoms with Crippen molar-refractivity contribution in [1.82, 2.24) is 19.8 Å². The Kier molecular flexibility index (Phi) is 5.43. The topological polar surface area (TPSA) is 82.2 Å². The highest BCUT2D eigenvalue weighted by molar-refractivity contribution is 5.93. The normalized spacial score (nSPS) is 11.0. The summed E-state index contributed by atoms with van der Waals surface area (Å²) in [7, 11) is 3.49. The van der Waals surface area contributed by atoms with Crippen molar-refractivity contribution in [2.45, 2.75) is 13.0 Å². The van der Waals surface area contributed by atoms with Crippen molar-refractivity contribution >= 4 is 39.4 Å². The van der Waals surface area contributed by atoms with Gasteiger partial charge in [0.2, 0.25) is 5.91 Å². The molecule has 0 fully saturated rings. The summed E-state index contributed by atoms with van der Waals surface area (Å²) in [5.41, 5.74) is 3.95. The van der Waals surface area contributed by atoms with Crippen LogP contribution in [-0.2, 0) is 17.8 Å². The number of H-pyrrole nitrogens is 1. The van der Waals surface area contributed by atoms with E-state index in [1.54, 1.807) is 19.0 Å². The summed E-state index contributed by atoms with van der Waals surface area (Å²) in [5, 5.41) is 7.94. The van der Waals surface area contributed by atoms with Crippen LogP contribution in [0.4, 0.5) is 10.5 Å². The number of para-hydroxylation sites is 1.